The highest BCUT2D eigenvalue weighted by Crippen LogP contribution is 2.35. The fourth-order valence-electron chi connectivity index (χ4n) is 2.36. The maximum atomic E-state index is 12.7. The van der Waals surface area contributed by atoms with Gasteiger partial charge in [0.1, 0.15) is 0 Å². The molecule has 0 atom stereocenters. The third kappa shape index (κ3) is 3.13. The molecule has 7 heteroatoms. The molecule has 1 aliphatic rings. The number of hydrogen-bond acceptors (Lipinski definition) is 4. The quantitative estimate of drug-likeness (QED) is 0.897. The molecule has 114 valence electrons. The number of ether oxygens (including phenoxy) is 1. The first-order valence-electron chi connectivity index (χ1n) is 6.69. The molecule has 1 aliphatic heterocycles. The number of nitrogens with one attached hydrogen (secondary N) is 1. The Bertz CT molecular complexity index is 647. The maximum Gasteiger partial charge on any atom is 0.416 e. The lowest BCUT2D eigenvalue weighted by Gasteiger charge is -2.34. The molecule has 0 bridgehead atoms. The second kappa shape index (κ2) is 5.14. The summed E-state index contributed by atoms with van der Waals surface area (Å²) in [6.07, 6.45) is -2.62. The van der Waals surface area contributed by atoms with E-state index in [0.29, 0.717) is 23.9 Å². The van der Waals surface area contributed by atoms with Crippen LogP contribution in [-0.4, -0.2) is 23.7 Å². The highest BCUT2D eigenvalue weighted by Gasteiger charge is 2.31. The minimum atomic E-state index is -4.34. The number of benzene rings is 1. The number of nitrogens with zero attached hydrogens (tertiary/aromatic N) is 1. The first-order chi connectivity index (χ1) is 9.86. The molecule has 1 saturated heterocycles. The Hall–Kier alpha value is -1.34. The molecule has 3 nitrogen and oxygen atoms in total. The highest BCUT2D eigenvalue weighted by molar-refractivity contribution is 7.22. The van der Waals surface area contributed by atoms with Crippen molar-refractivity contribution < 1.29 is 17.9 Å². The van der Waals surface area contributed by atoms with E-state index in [2.05, 4.69) is 17.2 Å². The molecule has 21 heavy (non-hydrogen) atoms. The molecule has 0 saturated carbocycles. The summed E-state index contributed by atoms with van der Waals surface area (Å²) in [7, 11) is 0. The van der Waals surface area contributed by atoms with Crippen LogP contribution in [0.2, 0.25) is 0 Å². The average molecular weight is 316 g/mol. The van der Waals surface area contributed by atoms with Gasteiger partial charge in [-0.1, -0.05) is 11.3 Å². The number of anilines is 1. The van der Waals surface area contributed by atoms with Gasteiger partial charge in [-0.05, 0) is 38.0 Å². The van der Waals surface area contributed by atoms with Gasteiger partial charge in [-0.25, -0.2) is 4.98 Å². The number of halogens is 3. The van der Waals surface area contributed by atoms with Crippen LogP contribution >= 0.6 is 11.3 Å². The van der Waals surface area contributed by atoms with Crippen LogP contribution in [0.4, 0.5) is 18.3 Å². The van der Waals surface area contributed by atoms with Crippen LogP contribution in [0.5, 0.6) is 0 Å². The lowest BCUT2D eigenvalue weighted by atomic mass is 9.93. The van der Waals surface area contributed by atoms with E-state index in [-0.39, 0.29) is 5.54 Å². The Labute approximate surface area is 124 Å². The van der Waals surface area contributed by atoms with Crippen LogP contribution in [0.3, 0.4) is 0 Å². The Morgan fingerprint density at radius 2 is 2.00 bits per heavy atom. The zero-order chi connectivity index (χ0) is 15.1. The second-order valence-electron chi connectivity index (χ2n) is 5.50. The van der Waals surface area contributed by atoms with Gasteiger partial charge >= 0.3 is 6.18 Å². The van der Waals surface area contributed by atoms with E-state index < -0.39 is 11.7 Å². The SMILES string of the molecule is CC1(Nc2nc3cc(C(F)(F)F)ccc3s2)CCOCC1. The van der Waals surface area contributed by atoms with Crippen molar-refractivity contribution in [1.29, 1.82) is 0 Å². The molecule has 1 fully saturated rings. The van der Waals surface area contributed by atoms with Crippen molar-refractivity contribution in [3.8, 4) is 0 Å². The summed E-state index contributed by atoms with van der Waals surface area (Å²) >= 11 is 1.38. The molecule has 1 N–H and O–H groups in total. The van der Waals surface area contributed by atoms with E-state index >= 15 is 0 Å². The third-order valence-corrected chi connectivity index (χ3v) is 4.67. The maximum absolute atomic E-state index is 12.7. The predicted octanol–water partition coefficient (Wildman–Crippen LogP) is 4.30. The van der Waals surface area contributed by atoms with E-state index in [0.717, 1.165) is 29.7 Å². The molecule has 2 aromatic rings. The molecule has 0 unspecified atom stereocenters. The van der Waals surface area contributed by atoms with Crippen LogP contribution in [0.1, 0.15) is 25.3 Å². The molecule has 0 spiro atoms. The number of alkyl halides is 3. The van der Waals surface area contributed by atoms with Gasteiger partial charge in [0.15, 0.2) is 5.13 Å². The lowest BCUT2D eigenvalue weighted by Crippen LogP contribution is -2.40. The Morgan fingerprint density at radius 3 is 2.67 bits per heavy atom. The highest BCUT2D eigenvalue weighted by atomic mass is 32.1. The first-order valence-corrected chi connectivity index (χ1v) is 7.51. The van der Waals surface area contributed by atoms with Crippen molar-refractivity contribution in [3.05, 3.63) is 23.8 Å². The Balaban J connectivity index is 1.87. The molecule has 3 rings (SSSR count). The Morgan fingerprint density at radius 1 is 1.29 bits per heavy atom. The van der Waals surface area contributed by atoms with Gasteiger partial charge in [-0.3, -0.25) is 0 Å². The summed E-state index contributed by atoms with van der Waals surface area (Å²) in [6.45, 7) is 3.46. The van der Waals surface area contributed by atoms with Crippen LogP contribution in [0.15, 0.2) is 18.2 Å². The summed E-state index contributed by atoms with van der Waals surface area (Å²) in [6, 6.07) is 3.68. The second-order valence-corrected chi connectivity index (χ2v) is 6.53. The van der Waals surface area contributed by atoms with Crippen molar-refractivity contribution in [3.63, 3.8) is 0 Å². The van der Waals surface area contributed by atoms with Gasteiger partial charge in [0, 0.05) is 18.8 Å². The average Bonchev–Trinajstić information content (AvgIpc) is 2.78. The topological polar surface area (TPSA) is 34.2 Å². The Kier molecular flexibility index (Phi) is 3.57. The fourth-order valence-corrected chi connectivity index (χ4v) is 3.36. The first kappa shape index (κ1) is 14.6. The number of thiazole rings is 1. The lowest BCUT2D eigenvalue weighted by molar-refractivity contribution is -0.137. The summed E-state index contributed by atoms with van der Waals surface area (Å²) in [5.74, 6) is 0. The van der Waals surface area contributed by atoms with Crippen LogP contribution in [-0.2, 0) is 10.9 Å². The molecule has 0 amide bonds. The molecule has 0 aliphatic carbocycles. The van der Waals surface area contributed by atoms with Crippen molar-refractivity contribution >= 4 is 26.7 Å². The monoisotopic (exact) mass is 316 g/mol. The van der Waals surface area contributed by atoms with Crippen molar-refractivity contribution in [2.75, 3.05) is 18.5 Å². The van der Waals surface area contributed by atoms with Gasteiger partial charge < -0.3 is 10.1 Å². The summed E-state index contributed by atoms with van der Waals surface area (Å²) in [5.41, 5.74) is -0.393. The van der Waals surface area contributed by atoms with Crippen molar-refractivity contribution in [2.45, 2.75) is 31.5 Å². The van der Waals surface area contributed by atoms with E-state index in [1.165, 1.54) is 17.4 Å². The zero-order valence-corrected chi connectivity index (χ0v) is 12.3. The van der Waals surface area contributed by atoms with Crippen LogP contribution in [0.25, 0.3) is 10.2 Å². The van der Waals surface area contributed by atoms with Gasteiger partial charge in [0.2, 0.25) is 0 Å². The number of fused-ring (bicyclic) bond motifs is 1. The molecular weight excluding hydrogens is 301 g/mol. The van der Waals surface area contributed by atoms with Gasteiger partial charge in [-0.2, -0.15) is 13.2 Å². The molecule has 1 aromatic heterocycles. The van der Waals surface area contributed by atoms with E-state index in [9.17, 15) is 13.2 Å². The van der Waals surface area contributed by atoms with Gasteiger partial charge in [0.25, 0.3) is 0 Å². The normalized spacial score (nSPS) is 18.9. The molecule has 1 aromatic carbocycles. The predicted molar refractivity (Wildman–Crippen MR) is 76.7 cm³/mol. The van der Waals surface area contributed by atoms with Gasteiger partial charge in [-0.15, -0.1) is 0 Å². The summed E-state index contributed by atoms with van der Waals surface area (Å²) < 4.78 is 44.2. The standard InChI is InChI=1S/C14H15F3N2OS/c1-13(4-6-20-7-5-13)19-12-18-10-8-9(14(15,16)17)2-3-11(10)21-12/h2-3,8H,4-7H2,1H3,(H,18,19). The molecule has 2 heterocycles. The molecular formula is C14H15F3N2OS. The number of rotatable bonds is 2. The van der Waals surface area contributed by atoms with Crippen LogP contribution in [0, 0.1) is 0 Å². The number of aromatic nitrogens is 1. The van der Waals surface area contributed by atoms with E-state index in [1.54, 1.807) is 0 Å². The largest absolute Gasteiger partial charge is 0.416 e. The summed E-state index contributed by atoms with van der Waals surface area (Å²) in [5, 5.41) is 4.01. The minimum Gasteiger partial charge on any atom is -0.381 e. The zero-order valence-electron chi connectivity index (χ0n) is 11.5. The molecule has 0 radical (unpaired) electrons. The number of hydrogen-bond donors (Lipinski definition) is 1. The minimum absolute atomic E-state index is 0.112. The third-order valence-electron chi connectivity index (χ3n) is 3.72. The van der Waals surface area contributed by atoms with Crippen LogP contribution < -0.4 is 5.32 Å². The van der Waals surface area contributed by atoms with E-state index in [4.69, 9.17) is 4.74 Å². The van der Waals surface area contributed by atoms with E-state index in [1.807, 2.05) is 0 Å². The fraction of sp³-hybridized carbons (Fsp3) is 0.500. The van der Waals surface area contributed by atoms with Crippen molar-refractivity contribution in [1.82, 2.24) is 4.98 Å². The summed E-state index contributed by atoms with van der Waals surface area (Å²) in [4.78, 5) is 4.29. The van der Waals surface area contributed by atoms with Gasteiger partial charge in [0.05, 0.1) is 15.8 Å². The van der Waals surface area contributed by atoms with Crippen molar-refractivity contribution in [2.24, 2.45) is 0 Å². The smallest absolute Gasteiger partial charge is 0.381 e.